The molecule has 1 aromatic rings. The molecule has 94 valence electrons. The summed E-state index contributed by atoms with van der Waals surface area (Å²) in [5.41, 5.74) is 6.34. The average Bonchev–Trinajstić information content (AvgIpc) is 2.85. The van der Waals surface area contributed by atoms with Crippen LogP contribution in [0.1, 0.15) is 25.3 Å². The highest BCUT2D eigenvalue weighted by Gasteiger charge is 2.21. The highest BCUT2D eigenvalue weighted by atomic mass is 16.4. The fourth-order valence-electron chi connectivity index (χ4n) is 1.46. The van der Waals surface area contributed by atoms with Crippen LogP contribution < -0.4 is 11.1 Å². The number of carbonyl (C=O) groups is 1. The Bertz CT molecular complexity index is 374. The van der Waals surface area contributed by atoms with E-state index in [0.29, 0.717) is 13.0 Å². The van der Waals surface area contributed by atoms with Crippen molar-refractivity contribution >= 4 is 11.7 Å². The largest absolute Gasteiger partial charge is 0.409 e. The molecule has 0 fully saturated rings. The van der Waals surface area contributed by atoms with Gasteiger partial charge in [0.25, 0.3) is 0 Å². The summed E-state index contributed by atoms with van der Waals surface area (Å²) in [6.07, 6.45) is 4.64. The number of hydrogen-bond donors (Lipinski definition) is 4. The molecule has 1 atom stereocenters. The van der Waals surface area contributed by atoms with Crippen molar-refractivity contribution in [3.05, 3.63) is 18.0 Å². The van der Waals surface area contributed by atoms with Crippen LogP contribution in [-0.4, -0.2) is 27.1 Å². The molecular formula is C10H17N5O2. The lowest BCUT2D eigenvalue weighted by atomic mass is 10.0. The standard InChI is InChI=1S/C10H17N5O2/c1-2-3-8(9(11)15-17)10(16)12-4-7-5-13-14-6-7/h5-6,8,17H,2-4H2,1H3,(H2,11,15)(H,12,16)(H,13,14). The van der Waals surface area contributed by atoms with Crippen LogP contribution in [0.4, 0.5) is 0 Å². The van der Waals surface area contributed by atoms with Crippen molar-refractivity contribution in [3.63, 3.8) is 0 Å². The number of carbonyl (C=O) groups excluding carboxylic acids is 1. The fourth-order valence-corrected chi connectivity index (χ4v) is 1.46. The molecule has 0 aliphatic carbocycles. The van der Waals surface area contributed by atoms with Gasteiger partial charge in [0.1, 0.15) is 0 Å². The number of nitrogens with zero attached hydrogens (tertiary/aromatic N) is 2. The Morgan fingerprint density at radius 3 is 3.06 bits per heavy atom. The SMILES string of the molecule is CCCC(C(=O)NCc1cn[nH]c1)C(N)=NO. The maximum absolute atomic E-state index is 11.8. The van der Waals surface area contributed by atoms with Crippen LogP contribution in [0, 0.1) is 5.92 Å². The van der Waals surface area contributed by atoms with Gasteiger partial charge in [-0.2, -0.15) is 5.10 Å². The minimum Gasteiger partial charge on any atom is -0.409 e. The molecule has 1 rings (SSSR count). The van der Waals surface area contributed by atoms with E-state index >= 15 is 0 Å². The molecular weight excluding hydrogens is 222 g/mol. The number of amidine groups is 1. The molecule has 0 radical (unpaired) electrons. The Labute approximate surface area is 99.1 Å². The van der Waals surface area contributed by atoms with Crippen LogP contribution >= 0.6 is 0 Å². The molecule has 0 spiro atoms. The monoisotopic (exact) mass is 239 g/mol. The van der Waals surface area contributed by atoms with Gasteiger partial charge >= 0.3 is 0 Å². The zero-order valence-electron chi connectivity index (χ0n) is 9.68. The molecule has 7 heteroatoms. The summed E-state index contributed by atoms with van der Waals surface area (Å²) in [5, 5.41) is 20.6. The van der Waals surface area contributed by atoms with Gasteiger partial charge in [0.15, 0.2) is 5.84 Å². The summed E-state index contributed by atoms with van der Waals surface area (Å²) < 4.78 is 0. The first-order valence-corrected chi connectivity index (χ1v) is 5.41. The highest BCUT2D eigenvalue weighted by Crippen LogP contribution is 2.07. The Morgan fingerprint density at radius 1 is 1.76 bits per heavy atom. The van der Waals surface area contributed by atoms with Crippen LogP contribution in [0.25, 0.3) is 0 Å². The molecule has 0 aliphatic rings. The fraction of sp³-hybridized carbons (Fsp3) is 0.500. The van der Waals surface area contributed by atoms with Crippen molar-refractivity contribution in [1.82, 2.24) is 15.5 Å². The third kappa shape index (κ3) is 3.78. The molecule has 1 amide bonds. The maximum atomic E-state index is 11.8. The number of nitrogens with two attached hydrogens (primary N) is 1. The van der Waals surface area contributed by atoms with Gasteiger partial charge in [-0.3, -0.25) is 9.89 Å². The number of aromatic amines is 1. The third-order valence-electron chi connectivity index (χ3n) is 2.39. The Balaban J connectivity index is 2.53. The van der Waals surface area contributed by atoms with Crippen LogP contribution in [-0.2, 0) is 11.3 Å². The van der Waals surface area contributed by atoms with Gasteiger partial charge in [-0.1, -0.05) is 18.5 Å². The Hall–Kier alpha value is -2.05. The summed E-state index contributed by atoms with van der Waals surface area (Å²) in [6, 6.07) is 0. The van der Waals surface area contributed by atoms with Crippen LogP contribution in [0.5, 0.6) is 0 Å². The first-order valence-electron chi connectivity index (χ1n) is 5.41. The number of amides is 1. The van der Waals surface area contributed by atoms with Crippen molar-refractivity contribution in [1.29, 1.82) is 0 Å². The van der Waals surface area contributed by atoms with E-state index in [4.69, 9.17) is 10.9 Å². The van der Waals surface area contributed by atoms with E-state index in [1.54, 1.807) is 12.4 Å². The van der Waals surface area contributed by atoms with E-state index in [0.717, 1.165) is 12.0 Å². The van der Waals surface area contributed by atoms with Crippen LogP contribution in [0.15, 0.2) is 17.5 Å². The predicted octanol–water partition coefficient (Wildman–Crippen LogP) is 0.189. The number of oxime groups is 1. The van der Waals surface area contributed by atoms with E-state index < -0.39 is 5.92 Å². The molecule has 1 aromatic heterocycles. The minimum absolute atomic E-state index is 0.0588. The highest BCUT2D eigenvalue weighted by molar-refractivity contribution is 6.01. The third-order valence-corrected chi connectivity index (χ3v) is 2.39. The molecule has 7 nitrogen and oxygen atoms in total. The van der Waals surface area contributed by atoms with Crippen molar-refractivity contribution in [2.75, 3.05) is 0 Å². The van der Waals surface area contributed by atoms with E-state index in [9.17, 15) is 4.79 Å². The van der Waals surface area contributed by atoms with Gasteiger partial charge in [0.2, 0.25) is 5.91 Å². The van der Waals surface area contributed by atoms with E-state index in [-0.39, 0.29) is 11.7 Å². The van der Waals surface area contributed by atoms with Crippen molar-refractivity contribution in [2.45, 2.75) is 26.3 Å². The molecule has 5 N–H and O–H groups in total. The molecule has 0 aliphatic heterocycles. The summed E-state index contributed by atoms with van der Waals surface area (Å²) in [6.45, 7) is 2.30. The summed E-state index contributed by atoms with van der Waals surface area (Å²) in [5.74, 6) is -0.892. The zero-order valence-corrected chi connectivity index (χ0v) is 9.68. The molecule has 1 heterocycles. The number of nitrogens with one attached hydrogen (secondary N) is 2. The Kier molecular flexibility index (Phi) is 4.99. The average molecular weight is 239 g/mol. The van der Waals surface area contributed by atoms with Gasteiger partial charge < -0.3 is 16.3 Å². The summed E-state index contributed by atoms with van der Waals surface area (Å²) in [7, 11) is 0. The Morgan fingerprint density at radius 2 is 2.53 bits per heavy atom. The van der Waals surface area contributed by atoms with Gasteiger partial charge in [-0.05, 0) is 6.42 Å². The topological polar surface area (TPSA) is 116 Å². The van der Waals surface area contributed by atoms with Crippen LogP contribution in [0.2, 0.25) is 0 Å². The lowest BCUT2D eigenvalue weighted by molar-refractivity contribution is -0.123. The first kappa shape index (κ1) is 13.0. The molecule has 17 heavy (non-hydrogen) atoms. The molecule has 0 bridgehead atoms. The van der Waals surface area contributed by atoms with Gasteiger partial charge in [-0.25, -0.2) is 0 Å². The number of H-pyrrole nitrogens is 1. The van der Waals surface area contributed by atoms with E-state index in [1.807, 2.05) is 6.92 Å². The van der Waals surface area contributed by atoms with Crippen molar-refractivity contribution < 1.29 is 10.0 Å². The lowest BCUT2D eigenvalue weighted by Crippen LogP contribution is -2.38. The predicted molar refractivity (Wildman–Crippen MR) is 62.2 cm³/mol. The van der Waals surface area contributed by atoms with Gasteiger partial charge in [0.05, 0.1) is 12.1 Å². The zero-order chi connectivity index (χ0) is 12.7. The summed E-state index contributed by atoms with van der Waals surface area (Å²) >= 11 is 0. The van der Waals surface area contributed by atoms with Gasteiger partial charge in [-0.15, -0.1) is 0 Å². The minimum atomic E-state index is -0.586. The molecule has 0 saturated heterocycles. The van der Waals surface area contributed by atoms with Gasteiger partial charge in [0, 0.05) is 18.3 Å². The first-order chi connectivity index (χ1) is 8.19. The van der Waals surface area contributed by atoms with Crippen molar-refractivity contribution in [2.24, 2.45) is 16.8 Å². The second-order valence-corrected chi connectivity index (χ2v) is 3.69. The smallest absolute Gasteiger partial charge is 0.231 e. The quantitative estimate of drug-likeness (QED) is 0.245. The second kappa shape index (κ2) is 6.51. The molecule has 0 aromatic carbocycles. The maximum Gasteiger partial charge on any atom is 0.231 e. The number of hydrogen-bond acceptors (Lipinski definition) is 4. The number of aromatic nitrogens is 2. The second-order valence-electron chi connectivity index (χ2n) is 3.69. The molecule has 0 saturated carbocycles. The molecule has 1 unspecified atom stereocenters. The lowest BCUT2D eigenvalue weighted by Gasteiger charge is -2.13. The van der Waals surface area contributed by atoms with E-state index in [2.05, 4.69) is 20.7 Å². The number of rotatable bonds is 6. The van der Waals surface area contributed by atoms with Crippen LogP contribution in [0.3, 0.4) is 0 Å². The normalized spacial score (nSPS) is 13.4. The van der Waals surface area contributed by atoms with E-state index in [1.165, 1.54) is 0 Å². The summed E-state index contributed by atoms with van der Waals surface area (Å²) in [4.78, 5) is 11.8. The van der Waals surface area contributed by atoms with Crippen molar-refractivity contribution in [3.8, 4) is 0 Å².